The largest absolute Gasteiger partial charge is 0.481 e. The summed E-state index contributed by atoms with van der Waals surface area (Å²) in [5.41, 5.74) is 0.664. The predicted octanol–water partition coefficient (Wildman–Crippen LogP) is 4.35. The van der Waals surface area contributed by atoms with Gasteiger partial charge in [-0.15, -0.1) is 0 Å². The summed E-state index contributed by atoms with van der Waals surface area (Å²) >= 11 is 12.0. The molecule has 0 fully saturated rings. The van der Waals surface area contributed by atoms with Crippen LogP contribution in [0.15, 0.2) is 52.7 Å². The first-order valence-electron chi connectivity index (χ1n) is 7.08. The molecule has 2 aromatic carbocycles. The fourth-order valence-electron chi connectivity index (χ4n) is 1.98. The second kappa shape index (κ2) is 8.50. The van der Waals surface area contributed by atoms with Crippen LogP contribution in [-0.2, 0) is 9.59 Å². The van der Waals surface area contributed by atoms with Crippen molar-refractivity contribution in [2.75, 3.05) is 6.54 Å². The number of carbonyl (C=O) groups excluding carboxylic acids is 2. The Bertz CT molecular complexity index is 865. The van der Waals surface area contributed by atoms with Crippen LogP contribution in [0.3, 0.4) is 0 Å². The molecule has 0 aliphatic heterocycles. The molecular formula is C17H12Cl2N2O4. The molecule has 0 aliphatic carbocycles. The van der Waals surface area contributed by atoms with Gasteiger partial charge < -0.3 is 5.11 Å². The smallest absolute Gasteiger partial charge is 0.310 e. The van der Waals surface area contributed by atoms with Crippen LogP contribution in [0.4, 0.5) is 5.69 Å². The molecule has 0 radical (unpaired) electrons. The van der Waals surface area contributed by atoms with Crippen LogP contribution in [0.1, 0.15) is 22.3 Å². The minimum Gasteiger partial charge on any atom is -0.481 e. The van der Waals surface area contributed by atoms with E-state index in [9.17, 15) is 14.4 Å². The Morgan fingerprint density at radius 2 is 1.72 bits per heavy atom. The molecule has 0 unspecified atom stereocenters. The lowest BCUT2D eigenvalue weighted by Gasteiger charge is -2.06. The highest BCUT2D eigenvalue weighted by atomic mass is 35.5. The molecule has 25 heavy (non-hydrogen) atoms. The molecule has 0 atom stereocenters. The molecule has 0 aromatic heterocycles. The molecule has 8 heteroatoms. The highest BCUT2D eigenvalue weighted by Crippen LogP contribution is 2.28. The van der Waals surface area contributed by atoms with Crippen LogP contribution >= 0.6 is 23.2 Å². The molecule has 128 valence electrons. The van der Waals surface area contributed by atoms with E-state index >= 15 is 0 Å². The van der Waals surface area contributed by atoms with Crippen molar-refractivity contribution in [2.45, 2.75) is 6.42 Å². The van der Waals surface area contributed by atoms with Gasteiger partial charge in [0.2, 0.25) is 0 Å². The third kappa shape index (κ3) is 5.20. The topological polar surface area (TPSA) is 96.2 Å². The Balaban J connectivity index is 2.29. The Hall–Kier alpha value is -2.57. The first-order valence-corrected chi connectivity index (χ1v) is 7.84. The number of halogens is 2. The number of ketones is 2. The highest BCUT2D eigenvalue weighted by molar-refractivity contribution is 6.35. The number of benzene rings is 2. The van der Waals surface area contributed by atoms with Crippen LogP contribution < -0.4 is 0 Å². The lowest BCUT2D eigenvalue weighted by molar-refractivity contribution is -0.139. The average Bonchev–Trinajstić information content (AvgIpc) is 2.55. The van der Waals surface area contributed by atoms with E-state index < -0.39 is 24.7 Å². The average molecular weight is 379 g/mol. The van der Waals surface area contributed by atoms with Crippen molar-refractivity contribution >= 4 is 46.4 Å². The van der Waals surface area contributed by atoms with Crippen molar-refractivity contribution < 1.29 is 19.5 Å². The second-order valence-corrected chi connectivity index (χ2v) is 5.82. The number of Topliss-reactive ketones (excluding diaryl/α,β-unsaturated/α-hetero) is 1. The normalized spacial score (nSPS) is 10.8. The van der Waals surface area contributed by atoms with E-state index in [1.165, 1.54) is 18.2 Å². The number of carbonyl (C=O) groups is 3. The molecule has 0 aliphatic rings. The van der Waals surface area contributed by atoms with Crippen molar-refractivity contribution in [3.8, 4) is 0 Å². The Morgan fingerprint density at radius 1 is 1.00 bits per heavy atom. The van der Waals surface area contributed by atoms with Gasteiger partial charge in [0.1, 0.15) is 13.0 Å². The number of hydrogen-bond acceptors (Lipinski definition) is 5. The van der Waals surface area contributed by atoms with Gasteiger partial charge in [-0.2, -0.15) is 10.2 Å². The quantitative estimate of drug-likeness (QED) is 0.439. The fraction of sp³-hybridized carbons (Fsp3) is 0.118. The lowest BCUT2D eigenvalue weighted by atomic mass is 10.0. The summed E-state index contributed by atoms with van der Waals surface area (Å²) in [6, 6.07) is 11.0. The molecule has 2 rings (SSSR count). The van der Waals surface area contributed by atoms with Crippen LogP contribution in [0.2, 0.25) is 10.0 Å². The monoisotopic (exact) mass is 378 g/mol. The van der Waals surface area contributed by atoms with Gasteiger partial charge in [0.05, 0.1) is 16.3 Å². The zero-order chi connectivity index (χ0) is 18.4. The zero-order valence-corrected chi connectivity index (χ0v) is 14.3. The number of rotatable bonds is 7. The SMILES string of the molecule is O=C(O)CC(=O)CN=Nc1ccc(Cl)cc1C(=O)c1ccccc1Cl. The van der Waals surface area contributed by atoms with E-state index in [1.54, 1.807) is 24.3 Å². The number of azo groups is 1. The zero-order valence-electron chi connectivity index (χ0n) is 12.8. The summed E-state index contributed by atoms with van der Waals surface area (Å²) in [5, 5.41) is 16.7. The summed E-state index contributed by atoms with van der Waals surface area (Å²) in [5.74, 6) is -2.22. The molecule has 0 spiro atoms. The van der Waals surface area contributed by atoms with Crippen LogP contribution in [0.5, 0.6) is 0 Å². The van der Waals surface area contributed by atoms with E-state index in [4.69, 9.17) is 28.3 Å². The molecule has 0 saturated heterocycles. The van der Waals surface area contributed by atoms with Gasteiger partial charge >= 0.3 is 5.97 Å². The number of carboxylic acid groups (broad SMARTS) is 1. The summed E-state index contributed by atoms with van der Waals surface area (Å²) < 4.78 is 0. The number of carboxylic acids is 1. The molecule has 1 N–H and O–H groups in total. The van der Waals surface area contributed by atoms with Crippen LogP contribution in [0.25, 0.3) is 0 Å². The first-order chi connectivity index (χ1) is 11.9. The number of hydrogen-bond donors (Lipinski definition) is 1. The van der Waals surface area contributed by atoms with Crippen molar-refractivity contribution in [3.63, 3.8) is 0 Å². The summed E-state index contributed by atoms with van der Waals surface area (Å²) in [6.07, 6.45) is -0.634. The predicted molar refractivity (Wildman–Crippen MR) is 93.0 cm³/mol. The van der Waals surface area contributed by atoms with Gasteiger partial charge in [-0.3, -0.25) is 14.4 Å². The standard InChI is InChI=1S/C17H12Cl2N2O4/c18-10-5-6-15(21-20-9-11(22)8-16(23)24)13(7-10)17(25)12-3-1-2-4-14(12)19/h1-7H,8-9H2,(H,23,24). The number of aliphatic carboxylic acids is 1. The lowest BCUT2D eigenvalue weighted by Crippen LogP contribution is -2.09. The Kier molecular flexibility index (Phi) is 6.38. The van der Waals surface area contributed by atoms with Crippen molar-refractivity contribution in [1.82, 2.24) is 0 Å². The highest BCUT2D eigenvalue weighted by Gasteiger charge is 2.17. The number of nitrogens with zero attached hydrogens (tertiary/aromatic N) is 2. The maximum absolute atomic E-state index is 12.7. The Morgan fingerprint density at radius 3 is 2.40 bits per heavy atom. The van der Waals surface area contributed by atoms with Gasteiger partial charge in [0.25, 0.3) is 0 Å². The minimum absolute atomic E-state index is 0.176. The molecular weight excluding hydrogens is 367 g/mol. The van der Waals surface area contributed by atoms with Gasteiger partial charge in [-0.1, -0.05) is 35.3 Å². The van der Waals surface area contributed by atoms with E-state index in [0.29, 0.717) is 5.02 Å². The molecule has 0 saturated carbocycles. The third-order valence-electron chi connectivity index (χ3n) is 3.10. The first kappa shape index (κ1) is 18.8. The van der Waals surface area contributed by atoms with E-state index in [0.717, 1.165) is 0 Å². The molecule has 6 nitrogen and oxygen atoms in total. The van der Waals surface area contributed by atoms with Gasteiger partial charge in [0.15, 0.2) is 11.6 Å². The summed E-state index contributed by atoms with van der Waals surface area (Å²) in [7, 11) is 0. The van der Waals surface area contributed by atoms with Crippen molar-refractivity contribution in [3.05, 3.63) is 63.6 Å². The van der Waals surface area contributed by atoms with Crippen molar-refractivity contribution in [1.29, 1.82) is 0 Å². The second-order valence-electron chi connectivity index (χ2n) is 4.98. The van der Waals surface area contributed by atoms with Gasteiger partial charge in [-0.25, -0.2) is 0 Å². The molecule has 0 amide bonds. The van der Waals surface area contributed by atoms with E-state index in [1.807, 2.05) is 0 Å². The van der Waals surface area contributed by atoms with Gasteiger partial charge in [0, 0.05) is 10.6 Å². The minimum atomic E-state index is -1.23. The van der Waals surface area contributed by atoms with Crippen molar-refractivity contribution in [2.24, 2.45) is 10.2 Å². The molecule has 0 bridgehead atoms. The van der Waals surface area contributed by atoms with E-state index in [2.05, 4.69) is 10.2 Å². The van der Waals surface area contributed by atoms with E-state index in [-0.39, 0.29) is 27.6 Å². The molecule has 0 heterocycles. The molecule has 2 aromatic rings. The maximum Gasteiger partial charge on any atom is 0.310 e. The summed E-state index contributed by atoms with van der Waals surface area (Å²) in [4.78, 5) is 34.5. The van der Waals surface area contributed by atoms with Crippen LogP contribution in [-0.4, -0.2) is 29.2 Å². The van der Waals surface area contributed by atoms with Gasteiger partial charge in [-0.05, 0) is 30.3 Å². The van der Waals surface area contributed by atoms with Crippen LogP contribution in [0, 0.1) is 0 Å². The maximum atomic E-state index is 12.7. The fourth-order valence-corrected chi connectivity index (χ4v) is 2.38. The third-order valence-corrected chi connectivity index (χ3v) is 3.66. The summed E-state index contributed by atoms with van der Waals surface area (Å²) in [6.45, 7) is -0.394. The Labute approximate surface area is 153 Å².